The second kappa shape index (κ2) is 4.98. The van der Waals surface area contributed by atoms with Crippen molar-refractivity contribution in [2.24, 2.45) is 5.92 Å². The van der Waals surface area contributed by atoms with Crippen molar-refractivity contribution in [3.05, 3.63) is 29.3 Å². The molecule has 0 saturated carbocycles. The highest BCUT2D eigenvalue weighted by atomic mass is 16.5. The van der Waals surface area contributed by atoms with Gasteiger partial charge in [0, 0.05) is 5.56 Å². The van der Waals surface area contributed by atoms with E-state index >= 15 is 0 Å². The second-order valence-corrected chi connectivity index (χ2v) is 4.90. The molecule has 4 nitrogen and oxygen atoms in total. The smallest absolute Gasteiger partial charge is 0.338 e. The Hall–Kier alpha value is -1.55. The topological polar surface area (TPSA) is 47.6 Å². The molecule has 3 rings (SSSR count). The summed E-state index contributed by atoms with van der Waals surface area (Å²) in [6.45, 7) is 3.30. The van der Waals surface area contributed by atoms with Gasteiger partial charge in [-0.25, -0.2) is 4.79 Å². The summed E-state index contributed by atoms with van der Waals surface area (Å²) in [6.07, 6.45) is 2.35. The number of nitrogens with one attached hydrogen (secondary N) is 1. The third-order valence-corrected chi connectivity index (χ3v) is 3.60. The van der Waals surface area contributed by atoms with Gasteiger partial charge in [-0.1, -0.05) is 0 Å². The van der Waals surface area contributed by atoms with Crippen molar-refractivity contribution in [3.63, 3.8) is 0 Å². The van der Waals surface area contributed by atoms with Crippen LogP contribution in [0.3, 0.4) is 0 Å². The van der Waals surface area contributed by atoms with Crippen LogP contribution in [0.25, 0.3) is 0 Å². The van der Waals surface area contributed by atoms with E-state index in [1.165, 1.54) is 12.8 Å². The Bertz CT molecular complexity index is 452. The maximum atomic E-state index is 11.3. The van der Waals surface area contributed by atoms with E-state index in [-0.39, 0.29) is 5.97 Å². The zero-order valence-corrected chi connectivity index (χ0v) is 10.3. The standard InChI is InChI=1S/C14H17NO3/c16-14-13-2-1-12(7-11(13)9-18-14)17-8-10-3-5-15-6-4-10/h1-2,7,10,15H,3-6,8-9H2. The summed E-state index contributed by atoms with van der Waals surface area (Å²) < 4.78 is 10.8. The van der Waals surface area contributed by atoms with Gasteiger partial charge in [0.1, 0.15) is 12.4 Å². The Labute approximate surface area is 106 Å². The van der Waals surface area contributed by atoms with Crippen LogP contribution in [0.1, 0.15) is 28.8 Å². The molecule has 2 aliphatic heterocycles. The van der Waals surface area contributed by atoms with Gasteiger partial charge >= 0.3 is 5.97 Å². The van der Waals surface area contributed by atoms with E-state index < -0.39 is 0 Å². The average Bonchev–Trinajstić information content (AvgIpc) is 2.79. The number of esters is 1. The highest BCUT2D eigenvalue weighted by Crippen LogP contribution is 2.25. The molecule has 0 aromatic heterocycles. The predicted molar refractivity (Wildman–Crippen MR) is 66.7 cm³/mol. The lowest BCUT2D eigenvalue weighted by atomic mass is 9.99. The molecule has 0 spiro atoms. The van der Waals surface area contributed by atoms with Gasteiger partial charge in [-0.3, -0.25) is 0 Å². The minimum atomic E-state index is -0.227. The lowest BCUT2D eigenvalue weighted by Gasteiger charge is -2.22. The monoisotopic (exact) mass is 247 g/mol. The summed E-state index contributed by atoms with van der Waals surface area (Å²) in [6, 6.07) is 5.57. The third kappa shape index (κ3) is 2.34. The summed E-state index contributed by atoms with van der Waals surface area (Å²) in [5.74, 6) is 1.25. The summed E-state index contributed by atoms with van der Waals surface area (Å²) in [5, 5.41) is 3.34. The van der Waals surface area contributed by atoms with Gasteiger partial charge in [0.2, 0.25) is 0 Å². The van der Waals surface area contributed by atoms with E-state index in [2.05, 4.69) is 5.32 Å². The van der Waals surface area contributed by atoms with Crippen molar-refractivity contribution in [1.29, 1.82) is 0 Å². The maximum absolute atomic E-state index is 11.3. The molecule has 0 radical (unpaired) electrons. The maximum Gasteiger partial charge on any atom is 0.338 e. The molecule has 0 unspecified atom stereocenters. The van der Waals surface area contributed by atoms with Gasteiger partial charge in [0.25, 0.3) is 0 Å². The van der Waals surface area contributed by atoms with E-state index in [0.29, 0.717) is 18.1 Å². The highest BCUT2D eigenvalue weighted by Gasteiger charge is 2.21. The van der Waals surface area contributed by atoms with Crippen molar-refractivity contribution in [2.75, 3.05) is 19.7 Å². The molecule has 18 heavy (non-hydrogen) atoms. The van der Waals surface area contributed by atoms with Crippen LogP contribution in [0.4, 0.5) is 0 Å². The first-order chi connectivity index (χ1) is 8.83. The molecule has 0 aliphatic carbocycles. The van der Waals surface area contributed by atoms with Crippen LogP contribution in [0, 0.1) is 5.92 Å². The number of hydrogen-bond acceptors (Lipinski definition) is 4. The molecule has 0 amide bonds. The number of benzene rings is 1. The van der Waals surface area contributed by atoms with Gasteiger partial charge in [-0.15, -0.1) is 0 Å². The number of carbonyl (C=O) groups excluding carboxylic acids is 1. The molecule has 4 heteroatoms. The van der Waals surface area contributed by atoms with E-state index in [1.807, 2.05) is 12.1 Å². The molecule has 1 N–H and O–H groups in total. The number of fused-ring (bicyclic) bond motifs is 1. The zero-order chi connectivity index (χ0) is 12.4. The van der Waals surface area contributed by atoms with Gasteiger partial charge in [-0.05, 0) is 50.0 Å². The Morgan fingerprint density at radius 3 is 3.00 bits per heavy atom. The van der Waals surface area contributed by atoms with Crippen molar-refractivity contribution in [2.45, 2.75) is 19.4 Å². The largest absolute Gasteiger partial charge is 0.493 e. The number of piperidine rings is 1. The molecule has 96 valence electrons. The van der Waals surface area contributed by atoms with Crippen molar-refractivity contribution in [1.82, 2.24) is 5.32 Å². The Balaban J connectivity index is 1.61. The van der Waals surface area contributed by atoms with Crippen LogP contribution in [0.5, 0.6) is 5.75 Å². The molecule has 1 aromatic rings. The van der Waals surface area contributed by atoms with Crippen LogP contribution in [-0.4, -0.2) is 25.7 Å². The second-order valence-electron chi connectivity index (χ2n) is 4.90. The van der Waals surface area contributed by atoms with Crippen LogP contribution in [0.2, 0.25) is 0 Å². The molecule has 2 heterocycles. The summed E-state index contributed by atoms with van der Waals surface area (Å²) in [4.78, 5) is 11.3. The van der Waals surface area contributed by atoms with Crippen LogP contribution in [-0.2, 0) is 11.3 Å². The first kappa shape index (κ1) is 11.5. The van der Waals surface area contributed by atoms with Crippen molar-refractivity contribution >= 4 is 5.97 Å². The third-order valence-electron chi connectivity index (χ3n) is 3.60. The first-order valence-corrected chi connectivity index (χ1v) is 6.46. The van der Waals surface area contributed by atoms with E-state index in [9.17, 15) is 4.79 Å². The van der Waals surface area contributed by atoms with Crippen LogP contribution < -0.4 is 10.1 Å². The lowest BCUT2D eigenvalue weighted by Crippen LogP contribution is -2.30. The van der Waals surface area contributed by atoms with Crippen molar-refractivity contribution in [3.8, 4) is 5.75 Å². The Morgan fingerprint density at radius 2 is 2.17 bits per heavy atom. The van der Waals surface area contributed by atoms with Gasteiger partial charge in [0.05, 0.1) is 12.2 Å². The summed E-state index contributed by atoms with van der Waals surface area (Å²) >= 11 is 0. The Kier molecular flexibility index (Phi) is 3.19. The molecule has 1 fully saturated rings. The number of rotatable bonds is 3. The number of cyclic esters (lactones) is 1. The number of ether oxygens (including phenoxy) is 2. The van der Waals surface area contributed by atoms with E-state index in [4.69, 9.17) is 9.47 Å². The normalized spacial score (nSPS) is 19.4. The number of hydrogen-bond donors (Lipinski definition) is 1. The molecule has 2 aliphatic rings. The fourth-order valence-corrected chi connectivity index (χ4v) is 2.46. The van der Waals surface area contributed by atoms with Gasteiger partial charge in [-0.2, -0.15) is 0 Å². The highest BCUT2D eigenvalue weighted by molar-refractivity contribution is 5.93. The molecular formula is C14H17NO3. The average molecular weight is 247 g/mol. The minimum absolute atomic E-state index is 0.227. The quantitative estimate of drug-likeness (QED) is 0.826. The summed E-state index contributed by atoms with van der Waals surface area (Å²) in [5.41, 5.74) is 1.60. The minimum Gasteiger partial charge on any atom is -0.493 e. The van der Waals surface area contributed by atoms with E-state index in [0.717, 1.165) is 31.0 Å². The van der Waals surface area contributed by atoms with Gasteiger partial charge < -0.3 is 14.8 Å². The van der Waals surface area contributed by atoms with Crippen molar-refractivity contribution < 1.29 is 14.3 Å². The Morgan fingerprint density at radius 1 is 1.33 bits per heavy atom. The SMILES string of the molecule is O=C1OCc2cc(OCC3CCNCC3)ccc21. The fraction of sp³-hybridized carbons (Fsp3) is 0.500. The molecule has 0 bridgehead atoms. The van der Waals surface area contributed by atoms with Crippen LogP contribution >= 0.6 is 0 Å². The molecular weight excluding hydrogens is 230 g/mol. The molecule has 1 saturated heterocycles. The van der Waals surface area contributed by atoms with Crippen LogP contribution in [0.15, 0.2) is 18.2 Å². The lowest BCUT2D eigenvalue weighted by molar-refractivity contribution is 0.0535. The van der Waals surface area contributed by atoms with Gasteiger partial charge in [0.15, 0.2) is 0 Å². The summed E-state index contributed by atoms with van der Waals surface area (Å²) in [7, 11) is 0. The predicted octanol–water partition coefficient (Wildman–Crippen LogP) is 1.74. The fourth-order valence-electron chi connectivity index (χ4n) is 2.46. The van der Waals surface area contributed by atoms with E-state index in [1.54, 1.807) is 6.07 Å². The zero-order valence-electron chi connectivity index (χ0n) is 10.3. The molecule has 1 aromatic carbocycles. The number of carbonyl (C=O) groups is 1. The first-order valence-electron chi connectivity index (χ1n) is 6.46. The molecule has 0 atom stereocenters.